The van der Waals surface area contributed by atoms with Crippen LogP contribution in [0.3, 0.4) is 0 Å². The molecule has 1 amide bonds. The van der Waals surface area contributed by atoms with Crippen molar-refractivity contribution < 1.29 is 4.79 Å². The zero-order valence-corrected chi connectivity index (χ0v) is 15.2. The predicted octanol–water partition coefficient (Wildman–Crippen LogP) is 4.09. The Morgan fingerprint density at radius 3 is 2.48 bits per heavy atom. The molecule has 1 N–H and O–H groups in total. The molecular formula is C20H26N4O. The fourth-order valence-corrected chi connectivity index (χ4v) is 2.98. The Balaban J connectivity index is 1.68. The summed E-state index contributed by atoms with van der Waals surface area (Å²) in [5.41, 5.74) is 2.43. The van der Waals surface area contributed by atoms with Crippen molar-refractivity contribution in [1.29, 1.82) is 0 Å². The van der Waals surface area contributed by atoms with Crippen molar-refractivity contribution in [3.63, 3.8) is 0 Å². The summed E-state index contributed by atoms with van der Waals surface area (Å²) in [6.45, 7) is 8.47. The molecule has 1 saturated heterocycles. The summed E-state index contributed by atoms with van der Waals surface area (Å²) in [6, 6.07) is 9.61. The van der Waals surface area contributed by atoms with Gasteiger partial charge in [-0.3, -0.25) is 4.79 Å². The summed E-state index contributed by atoms with van der Waals surface area (Å²) in [4.78, 5) is 23.5. The molecule has 1 aliphatic heterocycles. The van der Waals surface area contributed by atoms with Crippen molar-refractivity contribution in [3.8, 4) is 0 Å². The molecule has 5 nitrogen and oxygen atoms in total. The van der Waals surface area contributed by atoms with Gasteiger partial charge >= 0.3 is 0 Å². The highest BCUT2D eigenvalue weighted by atomic mass is 16.1. The Morgan fingerprint density at radius 2 is 1.84 bits per heavy atom. The lowest BCUT2D eigenvalue weighted by atomic mass is 10.00. The first-order chi connectivity index (χ1) is 12.0. The zero-order valence-electron chi connectivity index (χ0n) is 15.2. The van der Waals surface area contributed by atoms with E-state index in [1.54, 1.807) is 12.3 Å². The minimum atomic E-state index is -0.202. The molecule has 1 fully saturated rings. The molecule has 0 spiro atoms. The van der Waals surface area contributed by atoms with E-state index in [2.05, 4.69) is 41.0 Å². The van der Waals surface area contributed by atoms with Gasteiger partial charge in [0.1, 0.15) is 5.69 Å². The topological polar surface area (TPSA) is 58.1 Å². The summed E-state index contributed by atoms with van der Waals surface area (Å²) in [6.07, 6.45) is 3.95. The molecule has 132 valence electrons. The number of benzene rings is 1. The molecule has 1 aromatic heterocycles. The van der Waals surface area contributed by atoms with Crippen LogP contribution in [0.15, 0.2) is 36.5 Å². The minimum Gasteiger partial charge on any atom is -0.341 e. The van der Waals surface area contributed by atoms with Gasteiger partial charge < -0.3 is 10.2 Å². The first-order valence-corrected chi connectivity index (χ1v) is 9.02. The molecule has 2 aromatic rings. The highest BCUT2D eigenvalue weighted by Gasteiger charge is 2.19. The average molecular weight is 338 g/mol. The van der Waals surface area contributed by atoms with Crippen molar-refractivity contribution in [2.45, 2.75) is 39.5 Å². The molecule has 25 heavy (non-hydrogen) atoms. The van der Waals surface area contributed by atoms with Gasteiger partial charge in [-0.25, -0.2) is 9.97 Å². The summed E-state index contributed by atoms with van der Waals surface area (Å²) in [7, 11) is 0. The Kier molecular flexibility index (Phi) is 5.31. The SMILES string of the molecule is CC1CCN(c2nccc(C(=O)Nc3ccc(C(C)C)cc3)n2)CC1. The molecule has 0 bridgehead atoms. The normalized spacial score (nSPS) is 15.4. The summed E-state index contributed by atoms with van der Waals surface area (Å²) in [5.74, 6) is 1.67. The third-order valence-corrected chi connectivity index (χ3v) is 4.78. The van der Waals surface area contributed by atoms with Crippen LogP contribution < -0.4 is 10.2 Å². The van der Waals surface area contributed by atoms with Gasteiger partial charge in [0.2, 0.25) is 5.95 Å². The van der Waals surface area contributed by atoms with Crippen LogP contribution in [0.1, 0.15) is 55.6 Å². The van der Waals surface area contributed by atoms with Gasteiger partial charge in [-0.15, -0.1) is 0 Å². The van der Waals surface area contributed by atoms with E-state index in [9.17, 15) is 4.79 Å². The van der Waals surface area contributed by atoms with Crippen LogP contribution in [0.4, 0.5) is 11.6 Å². The lowest BCUT2D eigenvalue weighted by Gasteiger charge is -2.30. The Bertz CT molecular complexity index is 719. The zero-order chi connectivity index (χ0) is 17.8. The standard InChI is InChI=1S/C20H26N4O/c1-14(2)16-4-6-17(7-5-16)22-19(25)18-8-11-21-20(23-18)24-12-9-15(3)10-13-24/h4-8,11,14-15H,9-10,12-13H2,1-3H3,(H,22,25). The quantitative estimate of drug-likeness (QED) is 0.912. The molecule has 3 rings (SSSR count). The van der Waals surface area contributed by atoms with Gasteiger partial charge in [0.05, 0.1) is 0 Å². The van der Waals surface area contributed by atoms with Crippen LogP contribution in [0.25, 0.3) is 0 Å². The fraction of sp³-hybridized carbons (Fsp3) is 0.450. The molecule has 1 aromatic carbocycles. The second kappa shape index (κ2) is 7.64. The Hall–Kier alpha value is -2.43. The number of aromatic nitrogens is 2. The van der Waals surface area contributed by atoms with Crippen molar-refractivity contribution in [3.05, 3.63) is 47.8 Å². The number of nitrogens with zero attached hydrogens (tertiary/aromatic N) is 3. The molecule has 5 heteroatoms. The lowest BCUT2D eigenvalue weighted by Crippen LogP contribution is -2.34. The molecule has 0 saturated carbocycles. The van der Waals surface area contributed by atoms with E-state index in [-0.39, 0.29) is 5.91 Å². The highest BCUT2D eigenvalue weighted by molar-refractivity contribution is 6.02. The second-order valence-electron chi connectivity index (χ2n) is 7.14. The number of rotatable bonds is 4. The number of nitrogens with one attached hydrogen (secondary N) is 1. The van der Waals surface area contributed by atoms with Gasteiger partial charge in [-0.2, -0.15) is 0 Å². The van der Waals surface area contributed by atoms with Crippen molar-refractivity contribution in [2.24, 2.45) is 5.92 Å². The summed E-state index contributed by atoms with van der Waals surface area (Å²) >= 11 is 0. The van der Waals surface area contributed by atoms with E-state index in [1.807, 2.05) is 24.3 Å². The first kappa shape index (κ1) is 17.4. The number of amides is 1. The summed E-state index contributed by atoms with van der Waals surface area (Å²) in [5, 5.41) is 2.91. The number of anilines is 2. The number of carbonyl (C=O) groups is 1. The largest absolute Gasteiger partial charge is 0.341 e. The smallest absolute Gasteiger partial charge is 0.274 e. The molecular weight excluding hydrogens is 312 g/mol. The third-order valence-electron chi connectivity index (χ3n) is 4.78. The predicted molar refractivity (Wildman–Crippen MR) is 101 cm³/mol. The molecule has 0 atom stereocenters. The van der Waals surface area contributed by atoms with Crippen LogP contribution in [-0.2, 0) is 0 Å². The van der Waals surface area contributed by atoms with Crippen molar-refractivity contribution in [1.82, 2.24) is 9.97 Å². The van der Waals surface area contributed by atoms with Crippen molar-refractivity contribution in [2.75, 3.05) is 23.3 Å². The van der Waals surface area contributed by atoms with Gasteiger partial charge in [0.15, 0.2) is 0 Å². The van der Waals surface area contributed by atoms with E-state index in [0.29, 0.717) is 17.6 Å². The summed E-state index contributed by atoms with van der Waals surface area (Å²) < 4.78 is 0. The van der Waals surface area contributed by atoms with E-state index in [4.69, 9.17) is 0 Å². The number of carbonyl (C=O) groups excluding carboxylic acids is 1. The second-order valence-corrected chi connectivity index (χ2v) is 7.14. The van der Waals surface area contributed by atoms with Gasteiger partial charge in [0.25, 0.3) is 5.91 Å². The van der Waals surface area contributed by atoms with Crippen LogP contribution in [-0.4, -0.2) is 29.0 Å². The fourth-order valence-electron chi connectivity index (χ4n) is 2.98. The number of piperidine rings is 1. The van der Waals surface area contributed by atoms with Crippen LogP contribution in [0, 0.1) is 5.92 Å². The maximum absolute atomic E-state index is 12.5. The lowest BCUT2D eigenvalue weighted by molar-refractivity contribution is 0.102. The monoisotopic (exact) mass is 338 g/mol. The average Bonchev–Trinajstić information content (AvgIpc) is 2.63. The number of hydrogen-bond donors (Lipinski definition) is 1. The molecule has 0 unspecified atom stereocenters. The Morgan fingerprint density at radius 1 is 1.16 bits per heavy atom. The Labute approximate surface area is 149 Å². The van der Waals surface area contributed by atoms with E-state index in [0.717, 1.165) is 37.5 Å². The van der Waals surface area contributed by atoms with E-state index < -0.39 is 0 Å². The molecule has 1 aliphatic rings. The maximum Gasteiger partial charge on any atom is 0.274 e. The molecule has 2 heterocycles. The van der Waals surface area contributed by atoms with E-state index >= 15 is 0 Å². The van der Waals surface area contributed by atoms with Gasteiger partial charge in [-0.1, -0.05) is 32.9 Å². The first-order valence-electron chi connectivity index (χ1n) is 9.02. The van der Waals surface area contributed by atoms with Crippen LogP contribution >= 0.6 is 0 Å². The highest BCUT2D eigenvalue weighted by Crippen LogP contribution is 2.20. The van der Waals surface area contributed by atoms with Gasteiger partial charge in [0, 0.05) is 25.0 Å². The van der Waals surface area contributed by atoms with Crippen molar-refractivity contribution >= 4 is 17.5 Å². The van der Waals surface area contributed by atoms with Crippen LogP contribution in [0.2, 0.25) is 0 Å². The number of hydrogen-bond acceptors (Lipinski definition) is 4. The molecule has 0 radical (unpaired) electrons. The maximum atomic E-state index is 12.5. The van der Waals surface area contributed by atoms with E-state index in [1.165, 1.54) is 5.56 Å². The third kappa shape index (κ3) is 4.35. The molecule has 0 aliphatic carbocycles. The van der Waals surface area contributed by atoms with Gasteiger partial charge in [-0.05, 0) is 48.4 Å². The minimum absolute atomic E-state index is 0.202. The van der Waals surface area contributed by atoms with Crippen LogP contribution in [0.5, 0.6) is 0 Å².